The smallest absolute Gasteiger partial charge is 0.0583 e. The molecule has 3 unspecified atom stereocenters. The molecule has 1 saturated carbocycles. The van der Waals surface area contributed by atoms with Crippen LogP contribution >= 0.6 is 0 Å². The van der Waals surface area contributed by atoms with Crippen molar-refractivity contribution in [3.05, 3.63) is 30.1 Å². The standard InChI is InChI=1S/C17H26N2O/c20-17-7-2-1-5-15(17)16-6-3-4-12-19(16)13-14-8-10-18-11-9-14/h8-11,15-17,20H,1-7,12-13H2. The van der Waals surface area contributed by atoms with E-state index < -0.39 is 0 Å². The molecule has 20 heavy (non-hydrogen) atoms. The third-order valence-corrected chi connectivity index (χ3v) is 5.08. The number of pyridine rings is 1. The number of hydrogen-bond donors (Lipinski definition) is 1. The van der Waals surface area contributed by atoms with Crippen LogP contribution in [0.5, 0.6) is 0 Å². The number of likely N-dealkylation sites (tertiary alicyclic amines) is 1. The second kappa shape index (κ2) is 6.68. The number of aliphatic hydroxyl groups excluding tert-OH is 1. The molecule has 2 heterocycles. The van der Waals surface area contributed by atoms with E-state index in [0.717, 1.165) is 13.0 Å². The first-order valence-electron chi connectivity index (χ1n) is 8.15. The third-order valence-electron chi connectivity index (χ3n) is 5.08. The number of piperidine rings is 1. The molecule has 1 aliphatic heterocycles. The maximum atomic E-state index is 10.4. The summed E-state index contributed by atoms with van der Waals surface area (Å²) < 4.78 is 0. The molecule has 1 aromatic heterocycles. The van der Waals surface area contributed by atoms with Crippen LogP contribution in [0.25, 0.3) is 0 Å². The first-order valence-corrected chi connectivity index (χ1v) is 8.15. The summed E-state index contributed by atoms with van der Waals surface area (Å²) in [5.41, 5.74) is 1.34. The fraction of sp³-hybridized carbons (Fsp3) is 0.706. The van der Waals surface area contributed by atoms with Crippen molar-refractivity contribution in [2.45, 2.75) is 63.6 Å². The van der Waals surface area contributed by atoms with Gasteiger partial charge < -0.3 is 5.11 Å². The van der Waals surface area contributed by atoms with Crippen LogP contribution in [0.15, 0.2) is 24.5 Å². The zero-order valence-electron chi connectivity index (χ0n) is 12.2. The van der Waals surface area contributed by atoms with Crippen molar-refractivity contribution >= 4 is 0 Å². The highest BCUT2D eigenvalue weighted by atomic mass is 16.3. The van der Waals surface area contributed by atoms with E-state index in [4.69, 9.17) is 0 Å². The molecule has 2 aliphatic rings. The Labute approximate surface area is 122 Å². The van der Waals surface area contributed by atoms with Gasteiger partial charge in [-0.3, -0.25) is 9.88 Å². The first-order chi connectivity index (χ1) is 9.84. The molecule has 0 radical (unpaired) electrons. The molecule has 0 bridgehead atoms. The Morgan fingerprint density at radius 1 is 1.05 bits per heavy atom. The summed E-state index contributed by atoms with van der Waals surface area (Å²) >= 11 is 0. The molecule has 1 aromatic rings. The minimum Gasteiger partial charge on any atom is -0.393 e. The van der Waals surface area contributed by atoms with Crippen molar-refractivity contribution in [2.24, 2.45) is 5.92 Å². The van der Waals surface area contributed by atoms with Crippen LogP contribution in [-0.4, -0.2) is 33.7 Å². The largest absolute Gasteiger partial charge is 0.393 e. The Kier molecular flexibility index (Phi) is 4.69. The summed E-state index contributed by atoms with van der Waals surface area (Å²) in [6, 6.07) is 4.80. The predicted molar refractivity (Wildman–Crippen MR) is 80.3 cm³/mol. The van der Waals surface area contributed by atoms with Gasteiger partial charge in [0.15, 0.2) is 0 Å². The van der Waals surface area contributed by atoms with Crippen molar-refractivity contribution in [1.29, 1.82) is 0 Å². The van der Waals surface area contributed by atoms with Crippen molar-refractivity contribution in [3.63, 3.8) is 0 Å². The maximum absolute atomic E-state index is 10.4. The Morgan fingerprint density at radius 3 is 2.60 bits per heavy atom. The SMILES string of the molecule is OC1CCCCC1C1CCCCN1Cc1ccncc1. The van der Waals surface area contributed by atoms with Crippen LogP contribution in [-0.2, 0) is 6.54 Å². The van der Waals surface area contributed by atoms with E-state index in [1.54, 1.807) is 0 Å². The van der Waals surface area contributed by atoms with Gasteiger partial charge in [-0.2, -0.15) is 0 Å². The summed E-state index contributed by atoms with van der Waals surface area (Å²) in [4.78, 5) is 6.71. The van der Waals surface area contributed by atoms with Gasteiger partial charge in [0.2, 0.25) is 0 Å². The van der Waals surface area contributed by atoms with E-state index in [-0.39, 0.29) is 6.10 Å². The van der Waals surface area contributed by atoms with Crippen LogP contribution in [0.3, 0.4) is 0 Å². The first kappa shape index (κ1) is 14.0. The second-order valence-corrected chi connectivity index (χ2v) is 6.40. The quantitative estimate of drug-likeness (QED) is 0.920. The molecular formula is C17H26N2O. The molecular weight excluding hydrogens is 248 g/mol. The number of aliphatic hydroxyl groups is 1. The van der Waals surface area contributed by atoms with Gasteiger partial charge in [0.1, 0.15) is 0 Å². The van der Waals surface area contributed by atoms with Crippen molar-refractivity contribution < 1.29 is 5.11 Å². The molecule has 3 atom stereocenters. The molecule has 0 aromatic carbocycles. The van der Waals surface area contributed by atoms with Gasteiger partial charge in [-0.05, 0) is 49.9 Å². The molecule has 2 fully saturated rings. The molecule has 1 N–H and O–H groups in total. The fourth-order valence-electron chi connectivity index (χ4n) is 4.01. The monoisotopic (exact) mass is 274 g/mol. The van der Waals surface area contributed by atoms with Crippen LogP contribution in [0.2, 0.25) is 0 Å². The van der Waals surface area contributed by atoms with Crippen molar-refractivity contribution in [2.75, 3.05) is 6.54 Å². The highest BCUT2D eigenvalue weighted by Crippen LogP contribution is 2.34. The third kappa shape index (κ3) is 3.21. The summed E-state index contributed by atoms with van der Waals surface area (Å²) in [6.45, 7) is 2.19. The number of aromatic nitrogens is 1. The van der Waals surface area contributed by atoms with Gasteiger partial charge in [0.05, 0.1) is 6.10 Å². The lowest BCUT2D eigenvalue weighted by atomic mass is 9.78. The average molecular weight is 274 g/mol. The Bertz CT molecular complexity index is 409. The molecule has 0 amide bonds. The van der Waals surface area contributed by atoms with E-state index in [9.17, 15) is 5.11 Å². The van der Waals surface area contributed by atoms with E-state index >= 15 is 0 Å². The topological polar surface area (TPSA) is 36.4 Å². The molecule has 3 rings (SSSR count). The van der Waals surface area contributed by atoms with Crippen molar-refractivity contribution in [1.82, 2.24) is 9.88 Å². The highest BCUT2D eigenvalue weighted by Gasteiger charge is 2.35. The summed E-state index contributed by atoms with van der Waals surface area (Å²) in [7, 11) is 0. The Balaban J connectivity index is 1.70. The maximum Gasteiger partial charge on any atom is 0.0583 e. The minimum absolute atomic E-state index is 0.0770. The summed E-state index contributed by atoms with van der Waals surface area (Å²) in [6.07, 6.45) is 12.3. The molecule has 1 saturated heterocycles. The molecule has 110 valence electrons. The van der Waals surface area contributed by atoms with Crippen LogP contribution in [0.4, 0.5) is 0 Å². The van der Waals surface area contributed by atoms with E-state index in [1.165, 1.54) is 50.6 Å². The Morgan fingerprint density at radius 2 is 1.80 bits per heavy atom. The lowest BCUT2D eigenvalue weighted by Crippen LogP contribution is -2.48. The average Bonchev–Trinajstić information content (AvgIpc) is 2.50. The van der Waals surface area contributed by atoms with E-state index in [2.05, 4.69) is 22.0 Å². The number of nitrogens with zero attached hydrogens (tertiary/aromatic N) is 2. The predicted octanol–water partition coefficient (Wildman–Crippen LogP) is 2.99. The Hall–Kier alpha value is -0.930. The van der Waals surface area contributed by atoms with Gasteiger partial charge in [-0.15, -0.1) is 0 Å². The normalized spacial score (nSPS) is 32.1. The molecule has 3 nitrogen and oxygen atoms in total. The number of rotatable bonds is 3. The molecule has 0 spiro atoms. The molecule has 1 aliphatic carbocycles. The van der Waals surface area contributed by atoms with Gasteiger partial charge in [0, 0.05) is 30.9 Å². The lowest BCUT2D eigenvalue weighted by Gasteiger charge is -2.43. The van der Waals surface area contributed by atoms with E-state index in [0.29, 0.717) is 12.0 Å². The van der Waals surface area contributed by atoms with Crippen LogP contribution < -0.4 is 0 Å². The molecule has 3 heteroatoms. The number of hydrogen-bond acceptors (Lipinski definition) is 3. The summed E-state index contributed by atoms with van der Waals surface area (Å²) in [5.74, 6) is 0.492. The second-order valence-electron chi connectivity index (χ2n) is 6.40. The van der Waals surface area contributed by atoms with Gasteiger partial charge in [-0.1, -0.05) is 19.3 Å². The lowest BCUT2D eigenvalue weighted by molar-refractivity contribution is -0.00862. The van der Waals surface area contributed by atoms with Gasteiger partial charge in [-0.25, -0.2) is 0 Å². The fourth-order valence-corrected chi connectivity index (χ4v) is 4.01. The van der Waals surface area contributed by atoms with Gasteiger partial charge >= 0.3 is 0 Å². The van der Waals surface area contributed by atoms with E-state index in [1.807, 2.05) is 12.4 Å². The zero-order chi connectivity index (χ0) is 13.8. The summed E-state index contributed by atoms with van der Waals surface area (Å²) in [5, 5.41) is 10.4. The van der Waals surface area contributed by atoms with Gasteiger partial charge in [0.25, 0.3) is 0 Å². The van der Waals surface area contributed by atoms with Crippen LogP contribution in [0.1, 0.15) is 50.5 Å². The highest BCUT2D eigenvalue weighted by molar-refractivity contribution is 5.10. The van der Waals surface area contributed by atoms with Crippen molar-refractivity contribution in [3.8, 4) is 0 Å². The zero-order valence-corrected chi connectivity index (χ0v) is 12.2. The van der Waals surface area contributed by atoms with Crippen LogP contribution in [0, 0.1) is 5.92 Å². The minimum atomic E-state index is -0.0770.